The molecule has 3 aromatic carbocycles. The molecule has 0 radical (unpaired) electrons. The zero-order chi connectivity index (χ0) is 32.3. The van der Waals surface area contributed by atoms with Gasteiger partial charge in [0.25, 0.3) is 5.56 Å². The second-order valence-corrected chi connectivity index (χ2v) is 11.8. The molecule has 1 aliphatic heterocycles. The number of imidazole rings is 1. The van der Waals surface area contributed by atoms with Gasteiger partial charge in [-0.25, -0.2) is 4.98 Å². The monoisotopic (exact) mass is 625 g/mol. The van der Waals surface area contributed by atoms with E-state index in [1.807, 2.05) is 78.9 Å². The van der Waals surface area contributed by atoms with Crippen molar-refractivity contribution in [2.75, 3.05) is 32.7 Å². The lowest BCUT2D eigenvalue weighted by atomic mass is 9.80. The molecular formula is C35H39N5O6. The molecule has 1 aliphatic rings. The van der Waals surface area contributed by atoms with E-state index < -0.39 is 24.0 Å². The Morgan fingerprint density at radius 2 is 1.59 bits per heavy atom. The summed E-state index contributed by atoms with van der Waals surface area (Å²) in [6.07, 6.45) is -0.325. The fourth-order valence-corrected chi connectivity index (χ4v) is 5.84. The molecule has 1 fully saturated rings. The van der Waals surface area contributed by atoms with E-state index in [1.165, 1.54) is 6.33 Å². The van der Waals surface area contributed by atoms with Crippen molar-refractivity contribution in [1.82, 2.24) is 19.5 Å². The molecule has 3 atom stereocenters. The van der Waals surface area contributed by atoms with Crippen LogP contribution >= 0.6 is 0 Å². The molecule has 0 spiro atoms. The Balaban J connectivity index is 1.33. The molecule has 0 aliphatic carbocycles. The third kappa shape index (κ3) is 6.09. The molecule has 46 heavy (non-hydrogen) atoms. The first-order valence-electron chi connectivity index (χ1n) is 15.3. The lowest BCUT2D eigenvalue weighted by Gasteiger charge is -2.37. The summed E-state index contributed by atoms with van der Waals surface area (Å²) in [6.45, 7) is 4.85. The number of aliphatic hydroxyl groups is 1. The maximum Gasteiger partial charge on any atom is 0.280 e. The molecule has 0 bridgehead atoms. The Hall–Kier alpha value is -4.71. The van der Waals surface area contributed by atoms with Crippen LogP contribution in [0.1, 0.15) is 43.2 Å². The zero-order valence-electron chi connectivity index (χ0n) is 26.3. The lowest BCUT2D eigenvalue weighted by molar-refractivity contribution is -0.0931. The molecule has 2 aromatic heterocycles. The number of benzene rings is 3. The van der Waals surface area contributed by atoms with Gasteiger partial charge in [0.2, 0.25) is 5.95 Å². The van der Waals surface area contributed by atoms with Crippen LogP contribution in [0.2, 0.25) is 0 Å². The molecule has 0 saturated carbocycles. The molecule has 0 amide bonds. The third-order valence-corrected chi connectivity index (χ3v) is 8.26. The number of H-pyrrole nitrogens is 1. The highest BCUT2D eigenvalue weighted by Crippen LogP contribution is 2.43. The molecule has 3 N–H and O–H groups in total. The highest BCUT2D eigenvalue weighted by Gasteiger charge is 2.42. The van der Waals surface area contributed by atoms with Crippen molar-refractivity contribution in [1.29, 1.82) is 0 Å². The number of ether oxygens (including phenoxy) is 4. The summed E-state index contributed by atoms with van der Waals surface area (Å²) in [5.74, 6) is 2.16. The molecule has 5 aromatic rings. The van der Waals surface area contributed by atoms with Gasteiger partial charge in [-0.05, 0) is 46.9 Å². The lowest BCUT2D eigenvalue weighted by Crippen LogP contribution is -2.38. The first-order chi connectivity index (χ1) is 22.3. The van der Waals surface area contributed by atoms with E-state index in [-0.39, 0.29) is 24.1 Å². The van der Waals surface area contributed by atoms with Gasteiger partial charge in [0.05, 0.1) is 33.3 Å². The average Bonchev–Trinajstić information content (AvgIpc) is 3.68. The van der Waals surface area contributed by atoms with Crippen molar-refractivity contribution in [3.63, 3.8) is 0 Å². The number of aromatic amines is 1. The van der Waals surface area contributed by atoms with Crippen molar-refractivity contribution >= 4 is 17.1 Å². The second kappa shape index (κ2) is 13.3. The van der Waals surface area contributed by atoms with Crippen LogP contribution in [0, 0.1) is 5.92 Å². The third-order valence-electron chi connectivity index (χ3n) is 8.26. The number of hydrogen-bond donors (Lipinski definition) is 3. The maximum atomic E-state index is 12.8. The van der Waals surface area contributed by atoms with E-state index in [4.69, 9.17) is 18.9 Å². The van der Waals surface area contributed by atoms with Gasteiger partial charge >= 0.3 is 0 Å². The van der Waals surface area contributed by atoms with Gasteiger partial charge < -0.3 is 29.4 Å². The van der Waals surface area contributed by atoms with Crippen LogP contribution in [0.5, 0.6) is 11.5 Å². The van der Waals surface area contributed by atoms with Gasteiger partial charge in [0, 0.05) is 13.0 Å². The summed E-state index contributed by atoms with van der Waals surface area (Å²) >= 11 is 0. The van der Waals surface area contributed by atoms with Crippen molar-refractivity contribution in [2.45, 2.75) is 44.3 Å². The van der Waals surface area contributed by atoms with Gasteiger partial charge in [-0.15, -0.1) is 0 Å². The van der Waals surface area contributed by atoms with Crippen LogP contribution in [-0.4, -0.2) is 64.2 Å². The predicted molar refractivity (Wildman–Crippen MR) is 174 cm³/mol. The molecule has 240 valence electrons. The zero-order valence-corrected chi connectivity index (χ0v) is 26.3. The van der Waals surface area contributed by atoms with E-state index in [1.54, 1.807) is 18.8 Å². The topological polar surface area (TPSA) is 133 Å². The van der Waals surface area contributed by atoms with Gasteiger partial charge in [-0.3, -0.25) is 14.3 Å². The quantitative estimate of drug-likeness (QED) is 0.166. The van der Waals surface area contributed by atoms with Gasteiger partial charge in [-0.1, -0.05) is 68.4 Å². The minimum absolute atomic E-state index is 0.0620. The van der Waals surface area contributed by atoms with Crippen molar-refractivity contribution in [3.05, 3.63) is 112 Å². The summed E-state index contributed by atoms with van der Waals surface area (Å²) in [5.41, 5.74) is 1.83. The highest BCUT2D eigenvalue weighted by molar-refractivity contribution is 5.71. The normalized spacial score (nSPS) is 18.3. The Morgan fingerprint density at radius 1 is 0.978 bits per heavy atom. The smallest absolute Gasteiger partial charge is 0.280 e. The summed E-state index contributed by atoms with van der Waals surface area (Å²) in [7, 11) is 3.26. The van der Waals surface area contributed by atoms with E-state index in [0.29, 0.717) is 24.1 Å². The van der Waals surface area contributed by atoms with E-state index in [2.05, 4.69) is 34.1 Å². The number of methoxy groups -OCH3 is 2. The Kier molecular flexibility index (Phi) is 9.07. The fraction of sp³-hybridized carbons (Fsp3) is 0.343. The number of aromatic nitrogens is 4. The van der Waals surface area contributed by atoms with Gasteiger partial charge in [0.15, 0.2) is 11.2 Å². The van der Waals surface area contributed by atoms with Crippen molar-refractivity contribution in [2.24, 2.45) is 5.92 Å². The summed E-state index contributed by atoms with van der Waals surface area (Å²) in [4.78, 5) is 24.4. The van der Waals surface area contributed by atoms with Crippen molar-refractivity contribution < 1.29 is 24.1 Å². The standard InChI is InChI=1S/C35H39N5O6/c1-22(2)19-36-34-38-32-31(33(42)39-34)37-21-40(32)30-18-28(41)29(46-30)20-45-35(23-8-6-5-7-9-23,24-10-14-26(43-3)15-11-24)25-12-16-27(44-4)17-13-25/h5-17,21-22,28-30,41H,18-20H2,1-4H3,(H2,36,38,39,42)/t28-,29+,30-/m1/s1. The number of nitrogens with one attached hydrogen (secondary N) is 2. The fourth-order valence-electron chi connectivity index (χ4n) is 5.84. The van der Waals surface area contributed by atoms with E-state index in [0.717, 1.165) is 28.2 Å². The minimum Gasteiger partial charge on any atom is -0.497 e. The molecule has 11 nitrogen and oxygen atoms in total. The van der Waals surface area contributed by atoms with E-state index >= 15 is 0 Å². The largest absolute Gasteiger partial charge is 0.497 e. The average molecular weight is 626 g/mol. The molecule has 3 heterocycles. The number of aliphatic hydroxyl groups excluding tert-OH is 1. The van der Waals surface area contributed by atoms with E-state index in [9.17, 15) is 9.90 Å². The van der Waals surface area contributed by atoms with Crippen molar-refractivity contribution in [3.8, 4) is 11.5 Å². The molecule has 0 unspecified atom stereocenters. The Labute approximate surface area is 267 Å². The molecule has 1 saturated heterocycles. The minimum atomic E-state index is -1.06. The molecule has 11 heteroatoms. The second-order valence-electron chi connectivity index (χ2n) is 11.8. The summed E-state index contributed by atoms with van der Waals surface area (Å²) in [5, 5.41) is 14.4. The van der Waals surface area contributed by atoms with Crippen LogP contribution in [0.3, 0.4) is 0 Å². The van der Waals surface area contributed by atoms with Crippen LogP contribution < -0.4 is 20.3 Å². The van der Waals surface area contributed by atoms with Crippen LogP contribution in [-0.2, 0) is 15.1 Å². The summed E-state index contributed by atoms with van der Waals surface area (Å²) in [6, 6.07) is 25.5. The van der Waals surface area contributed by atoms with Crippen LogP contribution in [0.15, 0.2) is 90.0 Å². The highest BCUT2D eigenvalue weighted by atomic mass is 16.6. The number of rotatable bonds is 12. The maximum absolute atomic E-state index is 12.8. The Bertz CT molecular complexity index is 1760. The summed E-state index contributed by atoms with van der Waals surface area (Å²) < 4.78 is 26.0. The number of fused-ring (bicyclic) bond motifs is 1. The number of hydrogen-bond acceptors (Lipinski definition) is 9. The van der Waals surface area contributed by atoms with Gasteiger partial charge in [-0.2, -0.15) is 4.98 Å². The SMILES string of the molecule is COc1ccc(C(OC[C@@H]2O[C@@H](n3cnc4c(=O)[nH]c(NCC(C)C)nc43)C[C@H]2O)(c2ccccc2)c2ccc(OC)cc2)cc1. The number of anilines is 1. The van der Waals surface area contributed by atoms with Gasteiger partial charge in [0.1, 0.15) is 29.4 Å². The predicted octanol–water partition coefficient (Wildman–Crippen LogP) is 4.86. The number of nitrogens with zero attached hydrogens (tertiary/aromatic N) is 3. The van der Waals surface area contributed by atoms with Crippen LogP contribution in [0.4, 0.5) is 5.95 Å². The molecule has 6 rings (SSSR count). The molecular weight excluding hydrogens is 586 g/mol. The Morgan fingerprint density at radius 3 is 2.17 bits per heavy atom. The first-order valence-corrected chi connectivity index (χ1v) is 15.3. The first kappa shape index (κ1) is 31.3. The van der Waals surface area contributed by atoms with Crippen LogP contribution in [0.25, 0.3) is 11.2 Å².